The lowest BCUT2D eigenvalue weighted by molar-refractivity contribution is -0.121. The van der Waals surface area contributed by atoms with E-state index in [1.807, 2.05) is 66.4 Å². The summed E-state index contributed by atoms with van der Waals surface area (Å²) >= 11 is 1.91. The predicted molar refractivity (Wildman–Crippen MR) is 126 cm³/mol. The third kappa shape index (κ3) is 4.46. The molecule has 8 heteroatoms. The number of amides is 3. The Bertz CT molecular complexity index is 1070. The Morgan fingerprint density at radius 3 is 2.75 bits per heavy atom. The highest BCUT2D eigenvalue weighted by Gasteiger charge is 2.42. The van der Waals surface area contributed by atoms with Gasteiger partial charge in [-0.1, -0.05) is 48.9 Å². The molecule has 3 heterocycles. The van der Waals surface area contributed by atoms with Crippen molar-refractivity contribution in [1.82, 2.24) is 25.9 Å². The standard InChI is InChI=1S/C24H27N5O2S/c30-20(13-7-6-12-19-22-18(14-32-19)27-24(31)29-22)28-21(15-8-2-1-3-9-15)23-25-16-10-4-5-11-17(16)26-23/h1-5,8-11,18-19,21-22H,6-7,12-14H2,(H,25,26)(H,28,30)(H2,27,29,31). The predicted octanol–water partition coefficient (Wildman–Crippen LogP) is 3.49. The van der Waals surface area contributed by atoms with E-state index < -0.39 is 0 Å². The highest BCUT2D eigenvalue weighted by atomic mass is 32.2. The molecular weight excluding hydrogens is 422 g/mol. The SMILES string of the molecule is O=C(CCCCC1SCC2NC(=O)NC21)NC(c1ccccc1)c1nc2ccccc2[nH]1. The average molecular weight is 450 g/mol. The maximum absolute atomic E-state index is 12.8. The number of aromatic nitrogens is 2. The van der Waals surface area contributed by atoms with E-state index in [9.17, 15) is 9.59 Å². The topological polar surface area (TPSA) is 98.9 Å². The van der Waals surface area contributed by atoms with Crippen LogP contribution in [0, 0.1) is 0 Å². The molecule has 0 bridgehead atoms. The number of para-hydroxylation sites is 2. The molecule has 3 amide bonds. The summed E-state index contributed by atoms with van der Waals surface area (Å²) in [7, 11) is 0. The van der Waals surface area contributed by atoms with E-state index in [1.165, 1.54) is 0 Å². The quantitative estimate of drug-likeness (QED) is 0.312. The first-order valence-corrected chi connectivity index (χ1v) is 12.2. The lowest BCUT2D eigenvalue weighted by Gasteiger charge is -2.18. The molecule has 1 aromatic heterocycles. The molecule has 2 fully saturated rings. The van der Waals surface area contributed by atoms with Crippen LogP contribution in [0.25, 0.3) is 11.0 Å². The minimum absolute atomic E-state index is 0.0205. The van der Waals surface area contributed by atoms with Gasteiger partial charge >= 0.3 is 6.03 Å². The summed E-state index contributed by atoms with van der Waals surface area (Å²) in [5, 5.41) is 9.60. The van der Waals surface area contributed by atoms with E-state index in [0.717, 1.165) is 47.4 Å². The van der Waals surface area contributed by atoms with Gasteiger partial charge in [0.15, 0.2) is 0 Å². The van der Waals surface area contributed by atoms with E-state index in [4.69, 9.17) is 4.98 Å². The molecule has 4 atom stereocenters. The summed E-state index contributed by atoms with van der Waals surface area (Å²) in [5.74, 6) is 1.72. The normalized spacial score (nSPS) is 22.9. The van der Waals surface area contributed by atoms with Crippen molar-refractivity contribution in [3.63, 3.8) is 0 Å². The third-order valence-corrected chi connectivity index (χ3v) is 7.71. The fraction of sp³-hybridized carbons (Fsp3) is 0.375. The average Bonchev–Trinajstić information content (AvgIpc) is 3.50. The van der Waals surface area contributed by atoms with Gasteiger partial charge in [0.05, 0.1) is 23.1 Å². The fourth-order valence-electron chi connectivity index (χ4n) is 4.57. The van der Waals surface area contributed by atoms with Gasteiger partial charge in [-0.2, -0.15) is 11.8 Å². The highest BCUT2D eigenvalue weighted by molar-refractivity contribution is 8.00. The minimum atomic E-state index is -0.318. The summed E-state index contributed by atoms with van der Waals surface area (Å²) in [6.07, 6.45) is 3.26. The fourth-order valence-corrected chi connectivity index (χ4v) is 6.12. The van der Waals surface area contributed by atoms with Crippen molar-refractivity contribution < 1.29 is 9.59 Å². The summed E-state index contributed by atoms with van der Waals surface area (Å²) < 4.78 is 0. The highest BCUT2D eigenvalue weighted by Crippen LogP contribution is 2.33. The van der Waals surface area contributed by atoms with Crippen LogP contribution in [-0.4, -0.2) is 45.0 Å². The van der Waals surface area contributed by atoms with Crippen molar-refractivity contribution >= 4 is 34.7 Å². The van der Waals surface area contributed by atoms with Crippen molar-refractivity contribution in [2.45, 2.75) is 49.1 Å². The molecule has 0 saturated carbocycles. The van der Waals surface area contributed by atoms with Crippen LogP contribution in [0.15, 0.2) is 54.6 Å². The first-order chi connectivity index (χ1) is 15.7. The number of thioether (sulfide) groups is 1. The largest absolute Gasteiger partial charge is 0.342 e. The number of carbonyl (C=O) groups excluding carboxylic acids is 2. The van der Waals surface area contributed by atoms with Gasteiger partial charge < -0.3 is 20.9 Å². The second-order valence-electron chi connectivity index (χ2n) is 8.42. The summed E-state index contributed by atoms with van der Waals surface area (Å²) in [6.45, 7) is 0. The van der Waals surface area contributed by atoms with E-state index in [1.54, 1.807) is 0 Å². The Labute approximate surface area is 191 Å². The van der Waals surface area contributed by atoms with Crippen LogP contribution >= 0.6 is 11.8 Å². The van der Waals surface area contributed by atoms with Crippen LogP contribution in [0.5, 0.6) is 0 Å². The molecule has 0 radical (unpaired) electrons. The van der Waals surface area contributed by atoms with Crippen molar-refractivity contribution in [3.05, 3.63) is 66.0 Å². The van der Waals surface area contributed by atoms with Gasteiger partial charge in [-0.3, -0.25) is 4.79 Å². The zero-order valence-corrected chi connectivity index (χ0v) is 18.5. The number of aromatic amines is 1. The Balaban J connectivity index is 1.18. The van der Waals surface area contributed by atoms with Crippen LogP contribution < -0.4 is 16.0 Å². The molecule has 0 aliphatic carbocycles. The number of unbranched alkanes of at least 4 members (excludes halogenated alkanes) is 1. The molecule has 4 unspecified atom stereocenters. The summed E-state index contributed by atoms with van der Waals surface area (Å²) in [4.78, 5) is 32.4. The second kappa shape index (κ2) is 9.24. The Kier molecular flexibility index (Phi) is 6.03. The molecule has 2 aromatic carbocycles. The van der Waals surface area contributed by atoms with Crippen LogP contribution in [-0.2, 0) is 4.79 Å². The first kappa shape index (κ1) is 20.9. The number of nitrogens with zero attached hydrogens (tertiary/aromatic N) is 1. The Morgan fingerprint density at radius 1 is 1.09 bits per heavy atom. The number of imidazole rings is 1. The maximum Gasteiger partial charge on any atom is 0.315 e. The first-order valence-electron chi connectivity index (χ1n) is 11.1. The molecule has 7 nitrogen and oxygen atoms in total. The maximum atomic E-state index is 12.8. The van der Waals surface area contributed by atoms with E-state index >= 15 is 0 Å². The van der Waals surface area contributed by atoms with E-state index in [-0.39, 0.29) is 30.1 Å². The van der Waals surface area contributed by atoms with Crippen molar-refractivity contribution in [1.29, 1.82) is 0 Å². The van der Waals surface area contributed by atoms with Crippen LogP contribution in [0.4, 0.5) is 4.79 Å². The summed E-state index contributed by atoms with van der Waals surface area (Å²) in [6, 6.07) is 17.9. The monoisotopic (exact) mass is 449 g/mol. The number of rotatable bonds is 8. The lowest BCUT2D eigenvalue weighted by atomic mass is 10.0. The molecule has 166 valence electrons. The van der Waals surface area contributed by atoms with Gasteiger partial charge in [0.25, 0.3) is 0 Å². The lowest BCUT2D eigenvalue weighted by Crippen LogP contribution is -2.36. The molecule has 2 aliphatic heterocycles. The molecular formula is C24H27N5O2S. The third-order valence-electron chi connectivity index (χ3n) is 6.20. The smallest absolute Gasteiger partial charge is 0.315 e. The number of carbonyl (C=O) groups is 2. The Morgan fingerprint density at radius 2 is 1.91 bits per heavy atom. The molecule has 2 saturated heterocycles. The van der Waals surface area contributed by atoms with Gasteiger partial charge in [0.1, 0.15) is 11.9 Å². The van der Waals surface area contributed by atoms with Gasteiger partial charge in [-0.05, 0) is 30.5 Å². The molecule has 3 aromatic rings. The van der Waals surface area contributed by atoms with Crippen molar-refractivity contribution in [2.75, 3.05) is 5.75 Å². The molecule has 32 heavy (non-hydrogen) atoms. The number of fused-ring (bicyclic) bond motifs is 2. The number of H-pyrrole nitrogens is 1. The van der Waals surface area contributed by atoms with Gasteiger partial charge in [-0.15, -0.1) is 0 Å². The molecule has 5 rings (SSSR count). The number of benzene rings is 2. The summed E-state index contributed by atoms with van der Waals surface area (Å²) in [5.41, 5.74) is 2.84. The zero-order chi connectivity index (χ0) is 21.9. The van der Waals surface area contributed by atoms with Crippen LogP contribution in [0.3, 0.4) is 0 Å². The zero-order valence-electron chi connectivity index (χ0n) is 17.7. The van der Waals surface area contributed by atoms with Gasteiger partial charge in [0.2, 0.25) is 5.91 Å². The minimum Gasteiger partial charge on any atom is -0.342 e. The number of urea groups is 1. The molecule has 2 aliphatic rings. The van der Waals surface area contributed by atoms with Crippen molar-refractivity contribution in [3.8, 4) is 0 Å². The van der Waals surface area contributed by atoms with E-state index in [2.05, 4.69) is 20.9 Å². The van der Waals surface area contributed by atoms with E-state index in [0.29, 0.717) is 11.7 Å². The van der Waals surface area contributed by atoms with Gasteiger partial charge in [0, 0.05) is 17.4 Å². The molecule has 0 spiro atoms. The Hall–Kier alpha value is -3.00. The molecule has 4 N–H and O–H groups in total. The number of hydrogen-bond acceptors (Lipinski definition) is 4. The van der Waals surface area contributed by atoms with Crippen LogP contribution in [0.1, 0.15) is 43.1 Å². The van der Waals surface area contributed by atoms with Crippen molar-refractivity contribution in [2.24, 2.45) is 0 Å². The number of hydrogen-bond donors (Lipinski definition) is 4. The number of nitrogens with one attached hydrogen (secondary N) is 4. The van der Waals surface area contributed by atoms with Crippen LogP contribution in [0.2, 0.25) is 0 Å². The second-order valence-corrected chi connectivity index (χ2v) is 9.69. The van der Waals surface area contributed by atoms with Gasteiger partial charge in [-0.25, -0.2) is 9.78 Å².